The van der Waals surface area contributed by atoms with E-state index in [9.17, 15) is 13.2 Å². The van der Waals surface area contributed by atoms with Crippen LogP contribution in [0.2, 0.25) is 0 Å². The molecule has 1 aliphatic heterocycles. The van der Waals surface area contributed by atoms with Gasteiger partial charge in [0.25, 0.3) is 5.91 Å². The first-order valence-corrected chi connectivity index (χ1v) is 9.91. The second-order valence-corrected chi connectivity index (χ2v) is 8.27. The number of hydrogen-bond acceptors (Lipinski definition) is 6. The van der Waals surface area contributed by atoms with Crippen LogP contribution >= 0.6 is 11.5 Å². The summed E-state index contributed by atoms with van der Waals surface area (Å²) in [5.74, 6) is 0.441. The largest absolute Gasteiger partial charge is 0.338 e. The Kier molecular flexibility index (Phi) is 5.87. The highest BCUT2D eigenvalue weighted by molar-refractivity contribution is 7.89. The zero-order valence-corrected chi connectivity index (χ0v) is 14.5. The van der Waals surface area contributed by atoms with Gasteiger partial charge in [-0.25, -0.2) is 13.1 Å². The number of amides is 1. The summed E-state index contributed by atoms with van der Waals surface area (Å²) in [5, 5.41) is 3.87. The molecule has 0 unspecified atom stereocenters. The van der Waals surface area contributed by atoms with Crippen molar-refractivity contribution in [2.75, 3.05) is 25.4 Å². The van der Waals surface area contributed by atoms with Crippen molar-refractivity contribution in [2.45, 2.75) is 33.1 Å². The first-order chi connectivity index (χ1) is 10.4. The third-order valence-electron chi connectivity index (χ3n) is 3.81. The SMILES string of the molecule is CCCS(=O)(=O)NCC1CCN(C(=O)c2snnc2C)CC1. The number of piperidine rings is 1. The molecule has 0 aromatic carbocycles. The van der Waals surface area contributed by atoms with Crippen LogP contribution in [0.25, 0.3) is 0 Å². The molecule has 7 nitrogen and oxygen atoms in total. The molecule has 9 heteroatoms. The normalized spacial score (nSPS) is 16.9. The molecule has 22 heavy (non-hydrogen) atoms. The molecular formula is C13H22N4O3S2. The van der Waals surface area contributed by atoms with Crippen molar-refractivity contribution >= 4 is 27.5 Å². The Morgan fingerprint density at radius 3 is 2.64 bits per heavy atom. The molecule has 1 fully saturated rings. The minimum Gasteiger partial charge on any atom is -0.338 e. The van der Waals surface area contributed by atoms with Crippen molar-refractivity contribution < 1.29 is 13.2 Å². The molecule has 1 amide bonds. The van der Waals surface area contributed by atoms with Gasteiger partial charge in [0.2, 0.25) is 10.0 Å². The number of nitrogens with one attached hydrogen (secondary N) is 1. The summed E-state index contributed by atoms with van der Waals surface area (Å²) in [6.07, 6.45) is 2.24. The summed E-state index contributed by atoms with van der Waals surface area (Å²) < 4.78 is 29.8. The van der Waals surface area contributed by atoms with E-state index in [2.05, 4.69) is 14.3 Å². The van der Waals surface area contributed by atoms with Crippen LogP contribution < -0.4 is 4.72 Å². The minimum absolute atomic E-state index is 0.0162. The van der Waals surface area contributed by atoms with Crippen LogP contribution in [0.15, 0.2) is 0 Å². The molecule has 2 heterocycles. The molecule has 1 aliphatic rings. The molecule has 0 spiro atoms. The second kappa shape index (κ2) is 7.47. The Balaban J connectivity index is 1.81. The van der Waals surface area contributed by atoms with Crippen LogP contribution in [0.5, 0.6) is 0 Å². The molecule has 0 bridgehead atoms. The predicted molar refractivity (Wildman–Crippen MR) is 85.4 cm³/mol. The lowest BCUT2D eigenvalue weighted by molar-refractivity contribution is 0.0696. The first kappa shape index (κ1) is 17.3. The van der Waals surface area contributed by atoms with Crippen molar-refractivity contribution in [1.29, 1.82) is 0 Å². The van der Waals surface area contributed by atoms with Crippen LogP contribution in [0.4, 0.5) is 0 Å². The molecule has 1 saturated heterocycles. The highest BCUT2D eigenvalue weighted by atomic mass is 32.2. The number of carbonyl (C=O) groups excluding carboxylic acids is 1. The third kappa shape index (κ3) is 4.47. The number of rotatable bonds is 6. The smallest absolute Gasteiger partial charge is 0.267 e. The number of aryl methyl sites for hydroxylation is 1. The predicted octanol–water partition coefficient (Wildman–Crippen LogP) is 1.03. The van der Waals surface area contributed by atoms with Gasteiger partial charge >= 0.3 is 0 Å². The molecular weight excluding hydrogens is 324 g/mol. The Hall–Kier alpha value is -1.06. The van der Waals surface area contributed by atoms with Gasteiger partial charge in [0, 0.05) is 19.6 Å². The van der Waals surface area contributed by atoms with Crippen LogP contribution in [0.3, 0.4) is 0 Å². The van der Waals surface area contributed by atoms with Gasteiger partial charge in [0.15, 0.2) is 0 Å². The Morgan fingerprint density at radius 2 is 2.09 bits per heavy atom. The lowest BCUT2D eigenvalue weighted by Crippen LogP contribution is -2.41. The van der Waals surface area contributed by atoms with E-state index in [0.29, 0.717) is 36.6 Å². The van der Waals surface area contributed by atoms with Gasteiger partial charge in [0.05, 0.1) is 11.4 Å². The molecule has 0 radical (unpaired) electrons. The standard InChI is InChI=1S/C13H22N4O3S2/c1-3-8-22(19,20)14-9-11-4-6-17(7-5-11)13(18)12-10(2)15-16-21-12/h11,14H,3-9H2,1-2H3. The lowest BCUT2D eigenvalue weighted by atomic mass is 9.97. The van der Waals surface area contributed by atoms with Crippen LogP contribution in [-0.2, 0) is 10.0 Å². The lowest BCUT2D eigenvalue weighted by Gasteiger charge is -2.31. The van der Waals surface area contributed by atoms with Gasteiger partial charge in [-0.1, -0.05) is 11.4 Å². The number of aromatic nitrogens is 2. The van der Waals surface area contributed by atoms with Crippen molar-refractivity contribution in [2.24, 2.45) is 5.92 Å². The third-order valence-corrected chi connectivity index (χ3v) is 6.18. The van der Waals surface area contributed by atoms with Gasteiger partial charge < -0.3 is 4.90 Å². The zero-order chi connectivity index (χ0) is 16.2. The molecule has 1 aromatic heterocycles. The first-order valence-electron chi connectivity index (χ1n) is 7.48. The molecule has 0 aliphatic carbocycles. The van der Waals surface area contributed by atoms with Gasteiger partial charge in [0.1, 0.15) is 4.88 Å². The van der Waals surface area contributed by atoms with Crippen molar-refractivity contribution in [3.05, 3.63) is 10.6 Å². The minimum atomic E-state index is -3.15. The summed E-state index contributed by atoms with van der Waals surface area (Å²) in [7, 11) is -3.15. The second-order valence-electron chi connectivity index (χ2n) is 5.59. The van der Waals surface area contributed by atoms with Crippen LogP contribution in [0.1, 0.15) is 41.6 Å². The molecule has 124 valence electrons. The van der Waals surface area contributed by atoms with E-state index < -0.39 is 10.0 Å². The number of likely N-dealkylation sites (tertiary alicyclic amines) is 1. The summed E-state index contributed by atoms with van der Waals surface area (Å²) in [4.78, 5) is 14.7. The fraction of sp³-hybridized carbons (Fsp3) is 0.769. The number of hydrogen-bond donors (Lipinski definition) is 1. The maximum atomic E-state index is 12.3. The van der Waals surface area contributed by atoms with Gasteiger partial charge in [-0.3, -0.25) is 4.79 Å². The average molecular weight is 346 g/mol. The maximum Gasteiger partial charge on any atom is 0.267 e. The highest BCUT2D eigenvalue weighted by Crippen LogP contribution is 2.20. The Labute approximate surface area is 135 Å². The van der Waals surface area contributed by atoms with E-state index in [1.54, 1.807) is 11.8 Å². The fourth-order valence-corrected chi connectivity index (χ4v) is 4.29. The molecule has 1 aromatic rings. The Morgan fingerprint density at radius 1 is 1.41 bits per heavy atom. The van der Waals surface area contributed by atoms with E-state index in [4.69, 9.17) is 0 Å². The van der Waals surface area contributed by atoms with E-state index in [1.165, 1.54) is 0 Å². The number of sulfonamides is 1. The van der Waals surface area contributed by atoms with Gasteiger partial charge in [-0.2, -0.15) is 0 Å². The van der Waals surface area contributed by atoms with Crippen LogP contribution in [0, 0.1) is 12.8 Å². The number of nitrogens with zero attached hydrogens (tertiary/aromatic N) is 3. The molecule has 0 saturated carbocycles. The fourth-order valence-electron chi connectivity index (χ4n) is 2.50. The zero-order valence-electron chi connectivity index (χ0n) is 12.9. The highest BCUT2D eigenvalue weighted by Gasteiger charge is 2.26. The van der Waals surface area contributed by atoms with Crippen LogP contribution in [-0.4, -0.2) is 54.2 Å². The van der Waals surface area contributed by atoms with Crippen molar-refractivity contribution in [3.8, 4) is 0 Å². The molecule has 1 N–H and O–H groups in total. The quantitative estimate of drug-likeness (QED) is 0.830. The molecule has 0 atom stereocenters. The Bertz CT molecular complexity index is 607. The summed E-state index contributed by atoms with van der Waals surface area (Å²) in [6, 6.07) is 0. The monoisotopic (exact) mass is 346 g/mol. The van der Waals surface area contributed by atoms with E-state index >= 15 is 0 Å². The molecule has 2 rings (SSSR count). The number of carbonyl (C=O) groups is 1. The summed E-state index contributed by atoms with van der Waals surface area (Å²) in [5.41, 5.74) is 0.671. The van der Waals surface area contributed by atoms with E-state index in [-0.39, 0.29) is 17.6 Å². The summed E-state index contributed by atoms with van der Waals surface area (Å²) in [6.45, 7) is 5.39. The summed E-state index contributed by atoms with van der Waals surface area (Å²) >= 11 is 1.13. The van der Waals surface area contributed by atoms with Crippen molar-refractivity contribution in [3.63, 3.8) is 0 Å². The average Bonchev–Trinajstić information content (AvgIpc) is 2.91. The van der Waals surface area contributed by atoms with E-state index in [1.807, 2.05) is 6.92 Å². The van der Waals surface area contributed by atoms with Gasteiger partial charge in [-0.05, 0) is 43.6 Å². The van der Waals surface area contributed by atoms with Gasteiger partial charge in [-0.15, -0.1) is 5.10 Å². The van der Waals surface area contributed by atoms with Crippen molar-refractivity contribution in [1.82, 2.24) is 19.2 Å². The maximum absolute atomic E-state index is 12.3. The van der Waals surface area contributed by atoms with E-state index in [0.717, 1.165) is 24.4 Å². The topological polar surface area (TPSA) is 92.3 Å².